The maximum absolute atomic E-state index is 12.5. The first-order valence-electron chi connectivity index (χ1n) is 7.65. The molecule has 1 aromatic rings. The van der Waals surface area contributed by atoms with Crippen LogP contribution in [-0.4, -0.2) is 54.1 Å². The van der Waals surface area contributed by atoms with E-state index in [0.29, 0.717) is 18.1 Å². The summed E-state index contributed by atoms with van der Waals surface area (Å²) in [4.78, 5) is 22.6. The molecule has 1 amide bonds. The predicted octanol–water partition coefficient (Wildman–Crippen LogP) is 1.94. The van der Waals surface area contributed by atoms with Crippen molar-refractivity contribution in [1.29, 1.82) is 0 Å². The first-order valence-corrected chi connectivity index (χ1v) is 7.65. The molecule has 0 spiro atoms. The molecule has 0 atom stereocenters. The standard InChI is InChI=1S/C15H24N4O2/c1-21-10-6-7-16-14-11-13(17-12-18-14)15(20)19-8-4-2-3-5-9-19/h11-12H,2-10H2,1H3,(H,16,17,18). The van der Waals surface area contributed by atoms with E-state index in [-0.39, 0.29) is 5.91 Å². The molecule has 116 valence electrons. The normalized spacial score (nSPS) is 15.6. The molecule has 0 unspecified atom stereocenters. The van der Waals surface area contributed by atoms with Gasteiger partial charge in [0.25, 0.3) is 5.91 Å². The van der Waals surface area contributed by atoms with Gasteiger partial charge >= 0.3 is 0 Å². The molecule has 1 aliphatic heterocycles. The van der Waals surface area contributed by atoms with E-state index in [1.165, 1.54) is 19.2 Å². The van der Waals surface area contributed by atoms with Gasteiger partial charge in [0.15, 0.2) is 0 Å². The average molecular weight is 292 g/mol. The zero-order valence-electron chi connectivity index (χ0n) is 12.7. The fourth-order valence-electron chi connectivity index (χ4n) is 2.44. The number of carbonyl (C=O) groups is 1. The minimum absolute atomic E-state index is 0.0132. The van der Waals surface area contributed by atoms with Gasteiger partial charge in [-0.05, 0) is 19.3 Å². The SMILES string of the molecule is COCCCNc1cc(C(=O)N2CCCCCC2)ncn1. The Morgan fingerprint density at radius 3 is 2.76 bits per heavy atom. The molecular formula is C15H24N4O2. The minimum Gasteiger partial charge on any atom is -0.385 e. The van der Waals surface area contributed by atoms with Crippen molar-refractivity contribution >= 4 is 11.7 Å². The quantitative estimate of drug-likeness (QED) is 0.812. The maximum atomic E-state index is 12.5. The molecule has 21 heavy (non-hydrogen) atoms. The number of aromatic nitrogens is 2. The van der Waals surface area contributed by atoms with Crippen LogP contribution in [0, 0.1) is 0 Å². The molecule has 0 saturated carbocycles. The summed E-state index contributed by atoms with van der Waals surface area (Å²) in [7, 11) is 1.68. The van der Waals surface area contributed by atoms with Crippen LogP contribution in [0.4, 0.5) is 5.82 Å². The van der Waals surface area contributed by atoms with Crippen molar-refractivity contribution in [2.75, 3.05) is 38.7 Å². The summed E-state index contributed by atoms with van der Waals surface area (Å²) in [6, 6.07) is 1.74. The average Bonchev–Trinajstić information content (AvgIpc) is 2.80. The van der Waals surface area contributed by atoms with E-state index in [9.17, 15) is 4.79 Å². The number of likely N-dealkylation sites (tertiary alicyclic amines) is 1. The van der Waals surface area contributed by atoms with Gasteiger partial charge in [0.1, 0.15) is 17.8 Å². The van der Waals surface area contributed by atoms with E-state index in [1.807, 2.05) is 4.90 Å². The Hall–Kier alpha value is -1.69. The molecule has 0 bridgehead atoms. The second kappa shape index (κ2) is 8.56. The van der Waals surface area contributed by atoms with E-state index in [1.54, 1.807) is 13.2 Å². The van der Waals surface area contributed by atoms with E-state index in [0.717, 1.165) is 38.9 Å². The van der Waals surface area contributed by atoms with E-state index < -0.39 is 0 Å². The van der Waals surface area contributed by atoms with E-state index in [4.69, 9.17) is 4.74 Å². The second-order valence-electron chi connectivity index (χ2n) is 5.27. The number of hydrogen-bond acceptors (Lipinski definition) is 5. The monoisotopic (exact) mass is 292 g/mol. The fraction of sp³-hybridized carbons (Fsp3) is 0.667. The van der Waals surface area contributed by atoms with Crippen molar-refractivity contribution < 1.29 is 9.53 Å². The van der Waals surface area contributed by atoms with Crippen molar-refractivity contribution in [3.63, 3.8) is 0 Å². The summed E-state index contributed by atoms with van der Waals surface area (Å²) in [6.07, 6.45) is 6.93. The fourth-order valence-corrected chi connectivity index (χ4v) is 2.44. The Morgan fingerprint density at radius 1 is 1.29 bits per heavy atom. The van der Waals surface area contributed by atoms with Gasteiger partial charge in [-0.25, -0.2) is 9.97 Å². The largest absolute Gasteiger partial charge is 0.385 e. The summed E-state index contributed by atoms with van der Waals surface area (Å²) < 4.78 is 5.00. The molecule has 0 aromatic carbocycles. The van der Waals surface area contributed by atoms with Crippen LogP contribution in [0.15, 0.2) is 12.4 Å². The molecule has 2 heterocycles. The number of nitrogens with one attached hydrogen (secondary N) is 1. The number of methoxy groups -OCH3 is 1. The van der Waals surface area contributed by atoms with Gasteiger partial charge in [-0.1, -0.05) is 12.8 Å². The smallest absolute Gasteiger partial charge is 0.272 e. The molecule has 0 aliphatic carbocycles. The van der Waals surface area contributed by atoms with Crippen molar-refractivity contribution in [3.8, 4) is 0 Å². The number of ether oxygens (including phenoxy) is 1. The Kier molecular flexibility index (Phi) is 6.40. The lowest BCUT2D eigenvalue weighted by molar-refractivity contribution is 0.0755. The van der Waals surface area contributed by atoms with Crippen LogP contribution in [-0.2, 0) is 4.74 Å². The lowest BCUT2D eigenvalue weighted by Crippen LogP contribution is -2.32. The third kappa shape index (κ3) is 4.97. The van der Waals surface area contributed by atoms with Gasteiger partial charge in [-0.3, -0.25) is 4.79 Å². The highest BCUT2D eigenvalue weighted by Crippen LogP contribution is 2.13. The van der Waals surface area contributed by atoms with Gasteiger partial charge in [0.05, 0.1) is 0 Å². The zero-order valence-corrected chi connectivity index (χ0v) is 12.7. The summed E-state index contributed by atoms with van der Waals surface area (Å²) in [5, 5.41) is 3.19. The second-order valence-corrected chi connectivity index (χ2v) is 5.27. The molecule has 2 rings (SSSR count). The van der Waals surface area contributed by atoms with Crippen molar-refractivity contribution in [2.45, 2.75) is 32.1 Å². The van der Waals surface area contributed by atoms with Crippen molar-refractivity contribution in [2.24, 2.45) is 0 Å². The number of rotatable bonds is 6. The van der Waals surface area contributed by atoms with Crippen LogP contribution in [0.5, 0.6) is 0 Å². The summed E-state index contributed by atoms with van der Waals surface area (Å²) >= 11 is 0. The van der Waals surface area contributed by atoms with E-state index in [2.05, 4.69) is 15.3 Å². The molecule has 6 heteroatoms. The molecule has 1 N–H and O–H groups in total. The Labute approximate surface area is 125 Å². The van der Waals surface area contributed by atoms with Gasteiger partial charge in [-0.15, -0.1) is 0 Å². The van der Waals surface area contributed by atoms with Crippen LogP contribution in [0.2, 0.25) is 0 Å². The van der Waals surface area contributed by atoms with Crippen LogP contribution >= 0.6 is 0 Å². The number of carbonyl (C=O) groups excluding carboxylic acids is 1. The van der Waals surface area contributed by atoms with Gasteiger partial charge < -0.3 is 15.0 Å². The summed E-state index contributed by atoms with van der Waals surface area (Å²) in [6.45, 7) is 3.14. The molecule has 1 aromatic heterocycles. The van der Waals surface area contributed by atoms with Crippen molar-refractivity contribution in [3.05, 3.63) is 18.1 Å². The lowest BCUT2D eigenvalue weighted by Gasteiger charge is -2.19. The molecule has 6 nitrogen and oxygen atoms in total. The highest BCUT2D eigenvalue weighted by Gasteiger charge is 2.18. The zero-order chi connectivity index (χ0) is 14.9. The molecular weight excluding hydrogens is 268 g/mol. The van der Waals surface area contributed by atoms with Crippen LogP contribution in [0.1, 0.15) is 42.6 Å². The summed E-state index contributed by atoms with van der Waals surface area (Å²) in [5.74, 6) is 0.707. The van der Waals surface area contributed by atoms with Crippen molar-refractivity contribution in [1.82, 2.24) is 14.9 Å². The number of anilines is 1. The topological polar surface area (TPSA) is 67.3 Å². The summed E-state index contributed by atoms with van der Waals surface area (Å²) in [5.41, 5.74) is 0.473. The number of amides is 1. The Balaban J connectivity index is 1.93. The predicted molar refractivity (Wildman–Crippen MR) is 81.4 cm³/mol. The molecule has 1 saturated heterocycles. The number of nitrogens with zero attached hydrogens (tertiary/aromatic N) is 3. The third-order valence-electron chi connectivity index (χ3n) is 3.61. The van der Waals surface area contributed by atoms with Gasteiger partial charge in [-0.2, -0.15) is 0 Å². The first kappa shape index (κ1) is 15.7. The van der Waals surface area contributed by atoms with Crippen LogP contribution in [0.25, 0.3) is 0 Å². The molecule has 0 radical (unpaired) electrons. The van der Waals surface area contributed by atoms with Gasteiger partial charge in [0, 0.05) is 39.4 Å². The maximum Gasteiger partial charge on any atom is 0.272 e. The first-order chi connectivity index (χ1) is 10.3. The van der Waals surface area contributed by atoms with Gasteiger partial charge in [0.2, 0.25) is 0 Å². The Morgan fingerprint density at radius 2 is 2.05 bits per heavy atom. The van der Waals surface area contributed by atoms with E-state index >= 15 is 0 Å². The molecule has 1 fully saturated rings. The van der Waals surface area contributed by atoms with Crippen LogP contribution < -0.4 is 5.32 Å². The minimum atomic E-state index is 0.0132. The lowest BCUT2D eigenvalue weighted by atomic mass is 10.2. The molecule has 1 aliphatic rings. The Bertz CT molecular complexity index is 445. The highest BCUT2D eigenvalue weighted by atomic mass is 16.5. The highest BCUT2D eigenvalue weighted by molar-refractivity contribution is 5.92. The number of hydrogen-bond donors (Lipinski definition) is 1. The third-order valence-corrected chi connectivity index (χ3v) is 3.61. The van der Waals surface area contributed by atoms with Crippen LogP contribution in [0.3, 0.4) is 0 Å².